The predicted molar refractivity (Wildman–Crippen MR) is 161 cm³/mol. The molecule has 0 N–H and O–H groups in total. The average Bonchev–Trinajstić information content (AvgIpc) is 3.23. The van der Waals surface area contributed by atoms with E-state index in [-0.39, 0.29) is 24.6 Å². The number of hydrogen-bond donors (Lipinski definition) is 0. The minimum atomic E-state index is -0.646. The lowest BCUT2D eigenvalue weighted by Gasteiger charge is -2.24. The number of esters is 1. The van der Waals surface area contributed by atoms with Crippen molar-refractivity contribution in [2.75, 3.05) is 6.61 Å². The zero-order chi connectivity index (χ0) is 28.4. The molecule has 1 aliphatic rings. The second kappa shape index (κ2) is 11.9. The topological polar surface area (TPSA) is 69.9 Å². The maximum atomic E-state index is 14.0. The molecule has 0 bridgehead atoms. The van der Waals surface area contributed by atoms with Crippen LogP contribution in [0.2, 0.25) is 0 Å². The highest BCUT2D eigenvalue weighted by Crippen LogP contribution is 2.31. The number of aryl methyl sites for hydroxylation is 1. The third-order valence-electron chi connectivity index (χ3n) is 6.50. The molecule has 204 valence electrons. The standard InChI is InChI=1S/C31H26FIN2O4S/c1-4-38-30(37)27-19(3)34-31-35(28(27)21-12-9-18(2)10-13-21)29(36)26(40-31)16-20-11-14-25(24(33)15-20)39-17-22-7-5-6-8-23(22)32/h5-16,28H,4,17H2,1-3H3/b26-16+/t28-/m1/s1. The Hall–Kier alpha value is -3.57. The number of carbonyl (C=O) groups is 1. The van der Waals surface area contributed by atoms with Crippen molar-refractivity contribution in [3.63, 3.8) is 0 Å². The van der Waals surface area contributed by atoms with Crippen molar-refractivity contribution in [1.82, 2.24) is 4.57 Å². The second-order valence-corrected chi connectivity index (χ2v) is 11.5. The first kappa shape index (κ1) is 28.0. The Bertz CT molecular complexity index is 1810. The lowest BCUT2D eigenvalue weighted by atomic mass is 9.95. The normalized spacial score (nSPS) is 15.0. The molecule has 9 heteroatoms. The maximum Gasteiger partial charge on any atom is 0.338 e. The molecule has 0 unspecified atom stereocenters. The van der Waals surface area contributed by atoms with Gasteiger partial charge in [0.25, 0.3) is 5.56 Å². The molecule has 2 heterocycles. The minimum absolute atomic E-state index is 0.113. The summed E-state index contributed by atoms with van der Waals surface area (Å²) in [4.78, 5) is 32.0. The van der Waals surface area contributed by atoms with E-state index in [1.165, 1.54) is 17.4 Å². The summed E-state index contributed by atoms with van der Waals surface area (Å²) >= 11 is 3.44. The van der Waals surface area contributed by atoms with Crippen LogP contribution in [0.25, 0.3) is 6.08 Å². The second-order valence-electron chi connectivity index (χ2n) is 9.28. The Morgan fingerprint density at radius 3 is 2.58 bits per heavy atom. The van der Waals surface area contributed by atoms with Gasteiger partial charge in [-0.15, -0.1) is 0 Å². The third kappa shape index (κ3) is 5.66. The summed E-state index contributed by atoms with van der Waals surface area (Å²) < 4.78 is 28.1. The fourth-order valence-corrected chi connectivity index (χ4v) is 6.24. The van der Waals surface area contributed by atoms with Crippen LogP contribution in [0, 0.1) is 16.3 Å². The largest absolute Gasteiger partial charge is 0.488 e. The first-order valence-corrected chi connectivity index (χ1v) is 14.6. The quantitative estimate of drug-likeness (QED) is 0.195. The summed E-state index contributed by atoms with van der Waals surface area (Å²) in [6, 6.07) is 19.2. The number of halogens is 2. The van der Waals surface area contributed by atoms with Crippen molar-refractivity contribution in [2.24, 2.45) is 4.99 Å². The van der Waals surface area contributed by atoms with Crippen LogP contribution in [0.15, 0.2) is 87.8 Å². The van der Waals surface area contributed by atoms with Gasteiger partial charge in [-0.25, -0.2) is 14.2 Å². The van der Waals surface area contributed by atoms with Crippen LogP contribution in [0.4, 0.5) is 4.39 Å². The molecule has 40 heavy (non-hydrogen) atoms. The Morgan fingerprint density at radius 1 is 1.12 bits per heavy atom. The monoisotopic (exact) mass is 668 g/mol. The Balaban J connectivity index is 1.53. The molecule has 3 aromatic carbocycles. The predicted octanol–water partition coefficient (Wildman–Crippen LogP) is 5.43. The number of allylic oxidation sites excluding steroid dienone is 1. The van der Waals surface area contributed by atoms with Gasteiger partial charge in [0.05, 0.1) is 32.0 Å². The van der Waals surface area contributed by atoms with Crippen molar-refractivity contribution >= 4 is 46.0 Å². The zero-order valence-corrected chi connectivity index (χ0v) is 25.1. The van der Waals surface area contributed by atoms with E-state index >= 15 is 0 Å². The summed E-state index contributed by atoms with van der Waals surface area (Å²) in [5.41, 5.74) is 3.81. The van der Waals surface area contributed by atoms with Gasteiger partial charge in [0.1, 0.15) is 18.2 Å². The Kier molecular flexibility index (Phi) is 8.32. The minimum Gasteiger partial charge on any atom is -0.488 e. The van der Waals surface area contributed by atoms with Crippen LogP contribution >= 0.6 is 33.9 Å². The van der Waals surface area contributed by atoms with E-state index in [1.807, 2.05) is 55.5 Å². The molecule has 0 aliphatic carbocycles. The summed E-state index contributed by atoms with van der Waals surface area (Å²) in [7, 11) is 0. The molecule has 0 amide bonds. The highest BCUT2D eigenvalue weighted by Gasteiger charge is 2.33. The smallest absolute Gasteiger partial charge is 0.338 e. The Labute approximate surface area is 248 Å². The summed E-state index contributed by atoms with van der Waals surface area (Å²) in [5.74, 6) is -0.171. The van der Waals surface area contributed by atoms with Crippen molar-refractivity contribution in [3.05, 3.63) is 129 Å². The zero-order valence-electron chi connectivity index (χ0n) is 22.1. The molecule has 6 nitrogen and oxygen atoms in total. The molecule has 0 saturated carbocycles. The van der Waals surface area contributed by atoms with Crippen molar-refractivity contribution in [2.45, 2.75) is 33.4 Å². The van der Waals surface area contributed by atoms with Crippen molar-refractivity contribution in [3.8, 4) is 5.75 Å². The number of carbonyl (C=O) groups excluding carboxylic acids is 1. The van der Waals surface area contributed by atoms with Gasteiger partial charge in [-0.3, -0.25) is 9.36 Å². The average molecular weight is 669 g/mol. The number of hydrogen-bond acceptors (Lipinski definition) is 6. The van der Waals surface area contributed by atoms with E-state index in [9.17, 15) is 14.0 Å². The summed E-state index contributed by atoms with van der Waals surface area (Å²) in [6.07, 6.45) is 1.81. The van der Waals surface area contributed by atoms with Gasteiger partial charge >= 0.3 is 5.97 Å². The van der Waals surface area contributed by atoms with Gasteiger partial charge in [0.15, 0.2) is 4.80 Å². The first-order chi connectivity index (χ1) is 19.3. The van der Waals surface area contributed by atoms with Crippen LogP contribution in [-0.2, 0) is 16.1 Å². The van der Waals surface area contributed by atoms with Crippen LogP contribution in [0.5, 0.6) is 5.75 Å². The van der Waals surface area contributed by atoms with Crippen LogP contribution < -0.4 is 19.6 Å². The Morgan fingerprint density at radius 2 is 1.88 bits per heavy atom. The molecule has 1 atom stereocenters. The number of fused-ring (bicyclic) bond motifs is 1. The van der Waals surface area contributed by atoms with E-state index in [4.69, 9.17) is 9.47 Å². The summed E-state index contributed by atoms with van der Waals surface area (Å²) in [6.45, 7) is 5.84. The first-order valence-electron chi connectivity index (χ1n) is 12.7. The molecule has 0 saturated heterocycles. The van der Waals surface area contributed by atoms with Crippen molar-refractivity contribution in [1.29, 1.82) is 0 Å². The fraction of sp³-hybridized carbons (Fsp3) is 0.194. The van der Waals surface area contributed by atoms with E-state index in [0.717, 1.165) is 20.3 Å². The highest BCUT2D eigenvalue weighted by atomic mass is 127. The number of nitrogens with zero attached hydrogens (tertiary/aromatic N) is 2. The van der Waals surface area contributed by atoms with Gasteiger partial charge in [0, 0.05) is 5.56 Å². The van der Waals surface area contributed by atoms with Gasteiger partial charge in [-0.2, -0.15) is 0 Å². The maximum absolute atomic E-state index is 14.0. The van der Waals surface area contributed by atoms with Crippen molar-refractivity contribution < 1.29 is 18.7 Å². The van der Waals surface area contributed by atoms with Gasteiger partial charge in [-0.05, 0) is 78.8 Å². The lowest BCUT2D eigenvalue weighted by Crippen LogP contribution is -2.39. The van der Waals surface area contributed by atoms with E-state index < -0.39 is 12.0 Å². The van der Waals surface area contributed by atoms with Crippen LogP contribution in [0.1, 0.15) is 42.1 Å². The number of thiazole rings is 1. The molecule has 0 fully saturated rings. The molecule has 1 aromatic heterocycles. The van der Waals surface area contributed by atoms with Crippen LogP contribution in [0.3, 0.4) is 0 Å². The van der Waals surface area contributed by atoms with Gasteiger partial charge in [-0.1, -0.05) is 65.4 Å². The summed E-state index contributed by atoms with van der Waals surface area (Å²) in [5, 5.41) is 0. The number of ether oxygens (including phenoxy) is 2. The van der Waals surface area contributed by atoms with E-state index in [0.29, 0.717) is 31.9 Å². The van der Waals surface area contributed by atoms with E-state index in [1.54, 1.807) is 36.6 Å². The molecular formula is C31H26FIN2O4S. The van der Waals surface area contributed by atoms with Gasteiger partial charge < -0.3 is 9.47 Å². The lowest BCUT2D eigenvalue weighted by molar-refractivity contribution is -0.139. The number of benzene rings is 3. The molecule has 1 aliphatic heterocycles. The fourth-order valence-electron chi connectivity index (χ4n) is 4.50. The molecule has 4 aromatic rings. The third-order valence-corrected chi connectivity index (χ3v) is 8.33. The molecule has 0 radical (unpaired) electrons. The van der Waals surface area contributed by atoms with Gasteiger partial charge in [0.2, 0.25) is 0 Å². The number of rotatable bonds is 7. The molecule has 0 spiro atoms. The van der Waals surface area contributed by atoms with E-state index in [2.05, 4.69) is 27.6 Å². The molecular weight excluding hydrogens is 642 g/mol. The van der Waals surface area contributed by atoms with Crippen LogP contribution in [-0.4, -0.2) is 17.1 Å². The highest BCUT2D eigenvalue weighted by molar-refractivity contribution is 14.1. The number of aromatic nitrogens is 1. The SMILES string of the molecule is CCOC(=O)C1=C(C)N=c2s/c(=C/c3ccc(OCc4ccccc4F)c(I)c3)c(=O)n2[C@@H]1c1ccc(C)cc1. The molecule has 5 rings (SSSR count).